The predicted octanol–water partition coefficient (Wildman–Crippen LogP) is 4.73. The topological polar surface area (TPSA) is 0 Å². The van der Waals surface area contributed by atoms with Gasteiger partial charge < -0.3 is 0 Å². The lowest BCUT2D eigenvalue weighted by Gasteiger charge is -2.11. The molecule has 96 valence electrons. The molecule has 0 spiro atoms. The van der Waals surface area contributed by atoms with E-state index in [9.17, 15) is 0 Å². The van der Waals surface area contributed by atoms with E-state index >= 15 is 0 Å². The van der Waals surface area contributed by atoms with Crippen molar-refractivity contribution in [2.45, 2.75) is 19.3 Å². The van der Waals surface area contributed by atoms with Gasteiger partial charge in [0.15, 0.2) is 0 Å². The van der Waals surface area contributed by atoms with E-state index in [2.05, 4.69) is 61.7 Å². The number of rotatable bonds is 6. The monoisotopic (exact) mass is 248 g/mol. The van der Waals surface area contributed by atoms with E-state index in [1.54, 1.807) is 0 Å². The predicted molar refractivity (Wildman–Crippen MR) is 83.5 cm³/mol. The summed E-state index contributed by atoms with van der Waals surface area (Å²) >= 11 is 0. The molecule has 0 heteroatoms. The number of allylic oxidation sites excluding steroid dienone is 2. The van der Waals surface area contributed by atoms with E-state index in [4.69, 9.17) is 0 Å². The summed E-state index contributed by atoms with van der Waals surface area (Å²) in [5.41, 5.74) is 5.51. The SMILES string of the molecule is C=CCc1ccccc1Cc1ccccc1CC=C. The second kappa shape index (κ2) is 6.75. The van der Waals surface area contributed by atoms with Gasteiger partial charge in [0.25, 0.3) is 0 Å². The lowest BCUT2D eigenvalue weighted by atomic mass is 9.94. The van der Waals surface area contributed by atoms with Crippen molar-refractivity contribution in [2.75, 3.05) is 0 Å². The highest BCUT2D eigenvalue weighted by molar-refractivity contribution is 5.37. The maximum absolute atomic E-state index is 3.84. The van der Waals surface area contributed by atoms with Gasteiger partial charge in [-0.3, -0.25) is 0 Å². The summed E-state index contributed by atoms with van der Waals surface area (Å²) in [4.78, 5) is 0. The smallest absolute Gasteiger partial charge is 0.00201 e. The highest BCUT2D eigenvalue weighted by atomic mass is 14.1. The van der Waals surface area contributed by atoms with Crippen LogP contribution in [-0.2, 0) is 19.3 Å². The average molecular weight is 248 g/mol. The van der Waals surface area contributed by atoms with E-state index in [0.29, 0.717) is 0 Å². The van der Waals surface area contributed by atoms with Crippen molar-refractivity contribution in [3.8, 4) is 0 Å². The van der Waals surface area contributed by atoms with Crippen LogP contribution in [0.2, 0.25) is 0 Å². The molecular formula is C19H20. The van der Waals surface area contributed by atoms with E-state index in [1.165, 1.54) is 22.3 Å². The van der Waals surface area contributed by atoms with Gasteiger partial charge >= 0.3 is 0 Å². The van der Waals surface area contributed by atoms with E-state index in [0.717, 1.165) is 19.3 Å². The van der Waals surface area contributed by atoms with Crippen LogP contribution < -0.4 is 0 Å². The molecule has 0 amide bonds. The van der Waals surface area contributed by atoms with Crippen LogP contribution in [0.4, 0.5) is 0 Å². The van der Waals surface area contributed by atoms with Crippen LogP contribution in [0.3, 0.4) is 0 Å². The molecule has 0 aliphatic heterocycles. The van der Waals surface area contributed by atoms with Crippen molar-refractivity contribution in [3.05, 3.63) is 96.1 Å². The van der Waals surface area contributed by atoms with Gasteiger partial charge in [-0.25, -0.2) is 0 Å². The molecule has 19 heavy (non-hydrogen) atoms. The summed E-state index contributed by atoms with van der Waals surface area (Å²) in [6.45, 7) is 7.68. The second-order valence-electron chi connectivity index (χ2n) is 4.70. The summed E-state index contributed by atoms with van der Waals surface area (Å²) in [5.74, 6) is 0. The lowest BCUT2D eigenvalue weighted by molar-refractivity contribution is 1.08. The Hall–Kier alpha value is -2.08. The molecule has 0 N–H and O–H groups in total. The van der Waals surface area contributed by atoms with E-state index < -0.39 is 0 Å². The number of hydrogen-bond acceptors (Lipinski definition) is 0. The molecule has 2 rings (SSSR count). The Labute approximate surface area is 116 Å². The molecule has 0 aliphatic carbocycles. The summed E-state index contributed by atoms with van der Waals surface area (Å²) < 4.78 is 0. The molecule has 0 saturated heterocycles. The third-order valence-corrected chi connectivity index (χ3v) is 3.35. The minimum Gasteiger partial charge on any atom is -0.103 e. The molecule has 0 saturated carbocycles. The molecule has 0 heterocycles. The van der Waals surface area contributed by atoms with Crippen molar-refractivity contribution in [3.63, 3.8) is 0 Å². The minimum absolute atomic E-state index is 0.930. The quantitative estimate of drug-likeness (QED) is 0.648. The first-order chi connectivity index (χ1) is 9.35. The molecule has 0 bridgehead atoms. The zero-order chi connectivity index (χ0) is 13.5. The largest absolute Gasteiger partial charge is 0.103 e. The minimum atomic E-state index is 0.930. The van der Waals surface area contributed by atoms with Crippen molar-refractivity contribution in [1.82, 2.24) is 0 Å². The summed E-state index contributed by atoms with van der Waals surface area (Å²) in [6, 6.07) is 17.2. The summed E-state index contributed by atoms with van der Waals surface area (Å²) in [5, 5.41) is 0. The van der Waals surface area contributed by atoms with Crippen molar-refractivity contribution in [2.24, 2.45) is 0 Å². The molecule has 2 aromatic carbocycles. The Balaban J connectivity index is 2.30. The normalized spacial score (nSPS) is 10.1. The standard InChI is InChI=1S/C19H20/c1-3-9-16-11-5-7-13-18(16)15-19-14-8-6-12-17(19)10-4-2/h3-8,11-14H,1-2,9-10,15H2. The van der Waals surface area contributed by atoms with Crippen molar-refractivity contribution >= 4 is 0 Å². The molecule has 0 unspecified atom stereocenters. The van der Waals surface area contributed by atoms with Crippen LogP contribution in [0.1, 0.15) is 22.3 Å². The summed E-state index contributed by atoms with van der Waals surface area (Å²) in [7, 11) is 0. The zero-order valence-corrected chi connectivity index (χ0v) is 11.3. The third kappa shape index (κ3) is 3.45. The molecule has 0 radical (unpaired) electrons. The van der Waals surface area contributed by atoms with Gasteiger partial charge in [0, 0.05) is 0 Å². The Morgan fingerprint density at radius 1 is 0.632 bits per heavy atom. The maximum Gasteiger partial charge on any atom is -0.00201 e. The first kappa shape index (κ1) is 13.4. The summed E-state index contributed by atoms with van der Waals surface area (Å²) in [6.07, 6.45) is 6.77. The van der Waals surface area contributed by atoms with Crippen LogP contribution in [0, 0.1) is 0 Å². The van der Waals surface area contributed by atoms with Crippen molar-refractivity contribution < 1.29 is 0 Å². The Morgan fingerprint density at radius 2 is 1.00 bits per heavy atom. The van der Waals surface area contributed by atoms with Gasteiger partial charge in [-0.05, 0) is 41.5 Å². The van der Waals surface area contributed by atoms with E-state index in [-0.39, 0.29) is 0 Å². The number of benzene rings is 2. The Kier molecular flexibility index (Phi) is 4.74. The van der Waals surface area contributed by atoms with Gasteiger partial charge in [0.05, 0.1) is 0 Å². The van der Waals surface area contributed by atoms with Gasteiger partial charge in [-0.15, -0.1) is 13.2 Å². The van der Waals surface area contributed by atoms with Crippen LogP contribution in [0.25, 0.3) is 0 Å². The Morgan fingerprint density at radius 3 is 1.37 bits per heavy atom. The molecule has 0 aromatic heterocycles. The van der Waals surface area contributed by atoms with Crippen LogP contribution in [0.5, 0.6) is 0 Å². The van der Waals surface area contributed by atoms with Crippen LogP contribution in [0.15, 0.2) is 73.8 Å². The maximum atomic E-state index is 3.84. The fourth-order valence-corrected chi connectivity index (χ4v) is 2.37. The first-order valence-corrected chi connectivity index (χ1v) is 6.70. The molecule has 0 nitrogen and oxygen atoms in total. The van der Waals surface area contributed by atoms with Crippen LogP contribution >= 0.6 is 0 Å². The molecule has 0 aliphatic rings. The molecule has 0 atom stereocenters. The Bertz CT molecular complexity index is 512. The molecule has 2 aromatic rings. The fraction of sp³-hybridized carbons (Fsp3) is 0.158. The second-order valence-corrected chi connectivity index (χ2v) is 4.70. The molecular weight excluding hydrogens is 228 g/mol. The van der Waals surface area contributed by atoms with Gasteiger partial charge in [-0.1, -0.05) is 60.7 Å². The highest BCUT2D eigenvalue weighted by Crippen LogP contribution is 2.18. The number of hydrogen-bond donors (Lipinski definition) is 0. The van der Waals surface area contributed by atoms with Gasteiger partial charge in [-0.2, -0.15) is 0 Å². The highest BCUT2D eigenvalue weighted by Gasteiger charge is 2.05. The molecule has 0 fully saturated rings. The van der Waals surface area contributed by atoms with E-state index in [1.807, 2.05) is 12.2 Å². The van der Waals surface area contributed by atoms with Gasteiger partial charge in [0.1, 0.15) is 0 Å². The average Bonchev–Trinajstić information content (AvgIpc) is 2.44. The lowest BCUT2D eigenvalue weighted by Crippen LogP contribution is -1.98. The fourth-order valence-electron chi connectivity index (χ4n) is 2.37. The van der Waals surface area contributed by atoms with Crippen LogP contribution in [-0.4, -0.2) is 0 Å². The third-order valence-electron chi connectivity index (χ3n) is 3.35. The first-order valence-electron chi connectivity index (χ1n) is 6.70. The zero-order valence-electron chi connectivity index (χ0n) is 11.3. The van der Waals surface area contributed by atoms with Gasteiger partial charge in [0.2, 0.25) is 0 Å². The van der Waals surface area contributed by atoms with Crippen molar-refractivity contribution in [1.29, 1.82) is 0 Å².